The number of non-ortho nitro benzene ring substituents is 1. The predicted molar refractivity (Wildman–Crippen MR) is 128 cm³/mol. The fourth-order valence-electron chi connectivity index (χ4n) is 3.28. The first-order valence-corrected chi connectivity index (χ1v) is 10.1. The van der Waals surface area contributed by atoms with E-state index in [1.807, 2.05) is 43.3 Å². The Labute approximate surface area is 190 Å². The van der Waals surface area contributed by atoms with Crippen LogP contribution >= 0.6 is 0 Å². The number of methoxy groups -OCH3 is 1. The number of nitro groups is 1. The number of hydrazone groups is 1. The molecule has 0 aromatic heterocycles. The van der Waals surface area contributed by atoms with Crippen molar-refractivity contribution >= 4 is 40.1 Å². The molecule has 166 valence electrons. The average molecular weight is 443 g/mol. The van der Waals surface area contributed by atoms with Crippen molar-refractivity contribution < 1.29 is 14.5 Å². The van der Waals surface area contributed by atoms with Gasteiger partial charge in [0.1, 0.15) is 11.5 Å². The van der Waals surface area contributed by atoms with E-state index < -0.39 is 10.8 Å². The molecule has 1 amide bonds. The van der Waals surface area contributed by atoms with Gasteiger partial charge in [-0.15, -0.1) is 0 Å². The third-order valence-electron chi connectivity index (χ3n) is 5.09. The molecule has 0 N–H and O–H groups in total. The van der Waals surface area contributed by atoms with Gasteiger partial charge in [-0.2, -0.15) is 10.1 Å². The van der Waals surface area contributed by atoms with Gasteiger partial charge in [0.05, 0.1) is 23.4 Å². The second kappa shape index (κ2) is 8.91. The Morgan fingerprint density at radius 1 is 0.970 bits per heavy atom. The molecular formula is C24H21N5O4. The lowest BCUT2D eigenvalue weighted by Gasteiger charge is -2.12. The summed E-state index contributed by atoms with van der Waals surface area (Å²) in [6.45, 7) is 0. The molecule has 0 unspecified atom stereocenters. The van der Waals surface area contributed by atoms with Crippen LogP contribution in [-0.4, -0.2) is 43.5 Å². The molecule has 0 spiro atoms. The van der Waals surface area contributed by atoms with Crippen molar-refractivity contribution in [2.75, 3.05) is 31.1 Å². The van der Waals surface area contributed by atoms with Crippen LogP contribution in [-0.2, 0) is 4.79 Å². The summed E-state index contributed by atoms with van der Waals surface area (Å²) in [5.74, 6) is 0.250. The number of benzene rings is 3. The van der Waals surface area contributed by atoms with Crippen molar-refractivity contribution in [2.45, 2.75) is 0 Å². The third kappa shape index (κ3) is 4.42. The molecule has 9 nitrogen and oxygen atoms in total. The molecule has 1 aliphatic rings. The second-order valence-corrected chi connectivity index (χ2v) is 7.44. The maximum absolute atomic E-state index is 13.3. The SMILES string of the molecule is COc1ccc(C2=NN(c3ccc([N+](=O)[O-])cc3)C(=O)C2=Nc2ccc(N(C)C)cc2)cc1. The molecular weight excluding hydrogens is 422 g/mol. The Kier molecular flexibility index (Phi) is 5.86. The number of hydrogen-bond acceptors (Lipinski definition) is 7. The highest BCUT2D eigenvalue weighted by Gasteiger charge is 2.34. The Morgan fingerprint density at radius 3 is 2.15 bits per heavy atom. The number of ether oxygens (including phenoxy) is 1. The minimum absolute atomic E-state index is 0.0698. The number of carbonyl (C=O) groups is 1. The summed E-state index contributed by atoms with van der Waals surface area (Å²) in [7, 11) is 5.46. The zero-order valence-corrected chi connectivity index (χ0v) is 18.3. The summed E-state index contributed by atoms with van der Waals surface area (Å²) in [6.07, 6.45) is 0. The van der Waals surface area contributed by atoms with Crippen LogP contribution in [0.5, 0.6) is 5.75 Å². The maximum Gasteiger partial charge on any atom is 0.299 e. The highest BCUT2D eigenvalue weighted by Crippen LogP contribution is 2.27. The van der Waals surface area contributed by atoms with E-state index in [4.69, 9.17) is 4.74 Å². The van der Waals surface area contributed by atoms with E-state index in [1.54, 1.807) is 31.4 Å². The molecule has 0 atom stereocenters. The van der Waals surface area contributed by atoms with Crippen LogP contribution in [0.1, 0.15) is 5.56 Å². The number of nitrogens with zero attached hydrogens (tertiary/aromatic N) is 5. The smallest absolute Gasteiger partial charge is 0.299 e. The molecule has 3 aromatic carbocycles. The summed E-state index contributed by atoms with van der Waals surface area (Å²) < 4.78 is 5.22. The molecule has 3 aromatic rings. The van der Waals surface area contributed by atoms with Crippen LogP contribution in [0.25, 0.3) is 0 Å². The van der Waals surface area contributed by atoms with Crippen molar-refractivity contribution in [3.8, 4) is 5.75 Å². The first kappa shape index (κ1) is 21.7. The average Bonchev–Trinajstić information content (AvgIpc) is 3.15. The van der Waals surface area contributed by atoms with Gasteiger partial charge in [-0.1, -0.05) is 0 Å². The summed E-state index contributed by atoms with van der Waals surface area (Å²) in [4.78, 5) is 30.4. The molecule has 0 aliphatic carbocycles. The van der Waals surface area contributed by atoms with Gasteiger partial charge in [-0.3, -0.25) is 14.9 Å². The van der Waals surface area contributed by atoms with Crippen LogP contribution in [0.3, 0.4) is 0 Å². The van der Waals surface area contributed by atoms with Crippen molar-refractivity contribution in [3.63, 3.8) is 0 Å². The summed E-state index contributed by atoms with van der Waals surface area (Å²) in [5, 5.41) is 16.7. The number of amides is 1. The predicted octanol–water partition coefficient (Wildman–Crippen LogP) is 4.19. The van der Waals surface area contributed by atoms with Gasteiger partial charge in [-0.25, -0.2) is 4.99 Å². The summed E-state index contributed by atoms with van der Waals surface area (Å²) in [6, 6.07) is 20.3. The largest absolute Gasteiger partial charge is 0.497 e. The minimum atomic E-state index is -0.494. The normalized spacial score (nSPS) is 14.4. The number of hydrogen-bond donors (Lipinski definition) is 0. The van der Waals surface area contributed by atoms with Gasteiger partial charge in [0.25, 0.3) is 11.6 Å². The number of aliphatic imine (C=N–C) groups is 1. The van der Waals surface area contributed by atoms with Crippen molar-refractivity contribution in [1.29, 1.82) is 0 Å². The summed E-state index contributed by atoms with van der Waals surface area (Å²) >= 11 is 0. The molecule has 33 heavy (non-hydrogen) atoms. The molecule has 0 radical (unpaired) electrons. The number of anilines is 2. The first-order valence-electron chi connectivity index (χ1n) is 10.1. The lowest BCUT2D eigenvalue weighted by molar-refractivity contribution is -0.384. The van der Waals surface area contributed by atoms with E-state index in [9.17, 15) is 14.9 Å². The maximum atomic E-state index is 13.3. The topological polar surface area (TPSA) is 101 Å². The summed E-state index contributed by atoms with van der Waals surface area (Å²) in [5.41, 5.74) is 3.22. The van der Waals surface area contributed by atoms with Gasteiger partial charge in [-0.05, 0) is 60.7 Å². The van der Waals surface area contributed by atoms with Gasteiger partial charge in [0, 0.05) is 37.5 Å². The van der Waals surface area contributed by atoms with Crippen molar-refractivity contribution in [2.24, 2.45) is 10.1 Å². The first-order chi connectivity index (χ1) is 15.9. The Bertz CT molecular complexity index is 1250. The molecule has 0 fully saturated rings. The van der Waals surface area contributed by atoms with Crippen LogP contribution in [0.15, 0.2) is 82.9 Å². The standard InChI is InChI=1S/C24H21N5O4/c1-27(2)18-8-6-17(7-9-18)25-23-22(16-4-14-21(33-3)15-5-16)26-28(24(23)30)19-10-12-20(13-11-19)29(31)32/h4-15H,1-3H3. The highest BCUT2D eigenvalue weighted by molar-refractivity contribution is 6.74. The van der Waals surface area contributed by atoms with E-state index in [0.717, 1.165) is 5.69 Å². The fraction of sp³-hybridized carbons (Fsp3) is 0.125. The van der Waals surface area contributed by atoms with Gasteiger partial charge < -0.3 is 9.64 Å². The zero-order valence-electron chi connectivity index (χ0n) is 18.3. The molecule has 0 saturated carbocycles. The highest BCUT2D eigenvalue weighted by atomic mass is 16.6. The van der Waals surface area contributed by atoms with E-state index in [-0.39, 0.29) is 11.4 Å². The van der Waals surface area contributed by atoms with Gasteiger partial charge in [0.2, 0.25) is 0 Å². The van der Waals surface area contributed by atoms with E-state index >= 15 is 0 Å². The molecule has 9 heteroatoms. The van der Waals surface area contributed by atoms with Crippen molar-refractivity contribution in [3.05, 3.63) is 88.5 Å². The molecule has 0 bridgehead atoms. The second-order valence-electron chi connectivity index (χ2n) is 7.44. The quantitative estimate of drug-likeness (QED) is 0.420. The van der Waals surface area contributed by atoms with Gasteiger partial charge >= 0.3 is 0 Å². The fourth-order valence-corrected chi connectivity index (χ4v) is 3.28. The molecule has 4 rings (SSSR count). The lowest BCUT2D eigenvalue weighted by atomic mass is 10.1. The number of nitro benzene ring substituents is 1. The number of rotatable bonds is 6. The molecule has 1 heterocycles. The van der Waals surface area contributed by atoms with Gasteiger partial charge in [0.15, 0.2) is 5.71 Å². The van der Waals surface area contributed by atoms with Crippen LogP contribution < -0.4 is 14.6 Å². The number of carbonyl (C=O) groups excluding carboxylic acids is 1. The van der Waals surface area contributed by atoms with E-state index in [0.29, 0.717) is 28.4 Å². The van der Waals surface area contributed by atoms with Crippen LogP contribution in [0.2, 0.25) is 0 Å². The monoisotopic (exact) mass is 443 g/mol. The third-order valence-corrected chi connectivity index (χ3v) is 5.09. The van der Waals surface area contributed by atoms with Crippen molar-refractivity contribution in [1.82, 2.24) is 0 Å². The Hall–Kier alpha value is -4.53. The minimum Gasteiger partial charge on any atom is -0.497 e. The van der Waals surface area contributed by atoms with E-state index in [2.05, 4.69) is 10.1 Å². The molecule has 0 saturated heterocycles. The lowest BCUT2D eigenvalue weighted by Crippen LogP contribution is -2.27. The van der Waals surface area contributed by atoms with Crippen LogP contribution in [0, 0.1) is 10.1 Å². The van der Waals surface area contributed by atoms with E-state index in [1.165, 1.54) is 29.3 Å². The molecule has 1 aliphatic heterocycles. The Balaban J connectivity index is 1.76. The zero-order chi connectivity index (χ0) is 23.5. The van der Waals surface area contributed by atoms with Crippen LogP contribution in [0.4, 0.5) is 22.7 Å². The Morgan fingerprint density at radius 2 is 1.61 bits per heavy atom.